The number of hydrogen-bond acceptors (Lipinski definition) is 13. The first-order chi connectivity index (χ1) is 19.5. The van der Waals surface area contributed by atoms with Crippen LogP contribution in [0.15, 0.2) is 23.8 Å². The molecule has 2 heterocycles. The Kier molecular flexibility index (Phi) is 8.55. The van der Waals surface area contributed by atoms with E-state index in [1.165, 1.54) is 32.1 Å². The number of carbonyl (C=O) groups is 5. The van der Waals surface area contributed by atoms with E-state index in [0.29, 0.717) is 5.57 Å². The standard InChI is InChI=1S/C28H35ClO13/c1-12-25(35)42-19-9-17(10-29)7-8-18(38-13(2)30)26(6)21(24(28(12,19)36)41-16(5)33)27(11-37-27)22(34)20(39-14(3)31)23(26)40-15(4)32/h7-9,12,18-24,34,36H,10-11H2,1-6H3/b8-7-,17-9+/t12-,18+,19-,20-,21+,22+,23-,24+,26+,27-,28-/m0/s1. The molecule has 2 aliphatic carbocycles. The molecule has 2 aliphatic heterocycles. The van der Waals surface area contributed by atoms with Gasteiger partial charge in [-0.2, -0.15) is 0 Å². The van der Waals surface area contributed by atoms with Gasteiger partial charge in [-0.25, -0.2) is 0 Å². The fourth-order valence-electron chi connectivity index (χ4n) is 6.77. The Morgan fingerprint density at radius 2 is 1.55 bits per heavy atom. The maximum absolute atomic E-state index is 13.0. The number of halogens is 1. The molecule has 2 N–H and O–H groups in total. The second-order valence-corrected chi connectivity index (χ2v) is 11.7. The molecule has 13 nitrogen and oxygen atoms in total. The van der Waals surface area contributed by atoms with E-state index in [9.17, 15) is 34.2 Å². The lowest BCUT2D eigenvalue weighted by atomic mass is 9.51. The van der Waals surface area contributed by atoms with Gasteiger partial charge >= 0.3 is 29.8 Å². The van der Waals surface area contributed by atoms with Crippen molar-refractivity contribution in [2.45, 2.75) is 89.4 Å². The number of allylic oxidation sites excluding steroid dienone is 2. The van der Waals surface area contributed by atoms with Crippen molar-refractivity contribution in [1.82, 2.24) is 0 Å². The summed E-state index contributed by atoms with van der Waals surface area (Å²) < 4.78 is 34.2. The first-order valence-electron chi connectivity index (χ1n) is 13.4. The van der Waals surface area contributed by atoms with Crippen LogP contribution in [0.25, 0.3) is 0 Å². The average molecular weight is 615 g/mol. The van der Waals surface area contributed by atoms with Gasteiger partial charge in [-0.3, -0.25) is 24.0 Å². The van der Waals surface area contributed by atoms with Gasteiger partial charge in [0.05, 0.1) is 17.9 Å². The zero-order valence-electron chi connectivity index (χ0n) is 24.0. The summed E-state index contributed by atoms with van der Waals surface area (Å²) in [5.41, 5.74) is -5.39. The molecule has 0 radical (unpaired) electrons. The van der Waals surface area contributed by atoms with Gasteiger partial charge in [0, 0.05) is 39.5 Å². The van der Waals surface area contributed by atoms with Crippen LogP contribution in [-0.4, -0.2) is 100 Å². The Balaban J connectivity index is 2.12. The summed E-state index contributed by atoms with van der Waals surface area (Å²) in [4.78, 5) is 62.9. The predicted molar refractivity (Wildman–Crippen MR) is 140 cm³/mol. The molecule has 0 aromatic rings. The SMILES string of the molecule is CC(=O)O[C@H]1[C@@H](O)[C@]2(CO2)[C@@H]2[C@@H](OC(C)=O)[C@@]3(O)[C@H](/C=C(CCl)\C=C/[C@@H](OC(C)=O)[C@@]2(C)[C@H]1OC(C)=O)OC(=O)[C@@H]3C. The summed E-state index contributed by atoms with van der Waals surface area (Å²) in [6.45, 7) is 7.15. The third kappa shape index (κ3) is 5.10. The van der Waals surface area contributed by atoms with Crippen LogP contribution in [0.4, 0.5) is 0 Å². The van der Waals surface area contributed by atoms with E-state index in [2.05, 4.69) is 0 Å². The molecule has 0 amide bonds. The number of ether oxygens (including phenoxy) is 6. The van der Waals surface area contributed by atoms with Crippen LogP contribution in [0.5, 0.6) is 0 Å². The molecule has 1 spiro atoms. The normalized spacial score (nSPS) is 44.3. The molecule has 0 unspecified atom stereocenters. The van der Waals surface area contributed by atoms with Crippen LogP contribution >= 0.6 is 11.6 Å². The van der Waals surface area contributed by atoms with Crippen molar-refractivity contribution in [1.29, 1.82) is 0 Å². The monoisotopic (exact) mass is 614 g/mol. The molecule has 11 atom stereocenters. The topological polar surface area (TPSA) is 184 Å². The summed E-state index contributed by atoms with van der Waals surface area (Å²) in [6.07, 6.45) is -4.86. The largest absolute Gasteiger partial charge is 0.459 e. The highest BCUT2D eigenvalue weighted by molar-refractivity contribution is 6.19. The highest BCUT2D eigenvalue weighted by atomic mass is 35.5. The maximum Gasteiger partial charge on any atom is 0.312 e. The molecule has 2 saturated heterocycles. The van der Waals surface area contributed by atoms with E-state index in [4.69, 9.17) is 40.0 Å². The van der Waals surface area contributed by atoms with E-state index in [1.54, 1.807) is 0 Å². The Morgan fingerprint density at radius 1 is 1.00 bits per heavy atom. The maximum atomic E-state index is 13.0. The highest BCUT2D eigenvalue weighted by Gasteiger charge is 2.80. The van der Waals surface area contributed by atoms with Gasteiger partial charge in [-0.1, -0.05) is 13.0 Å². The third-order valence-corrected chi connectivity index (χ3v) is 9.01. The number of hydrogen-bond donors (Lipinski definition) is 2. The van der Waals surface area contributed by atoms with Gasteiger partial charge < -0.3 is 38.6 Å². The molecule has 14 heteroatoms. The number of esters is 5. The lowest BCUT2D eigenvalue weighted by Gasteiger charge is -2.58. The summed E-state index contributed by atoms with van der Waals surface area (Å²) in [7, 11) is 0. The summed E-state index contributed by atoms with van der Waals surface area (Å²) in [6, 6.07) is 0. The van der Waals surface area contributed by atoms with Gasteiger partial charge in [-0.15, -0.1) is 11.6 Å². The lowest BCUT2D eigenvalue weighted by Crippen LogP contribution is -2.75. The van der Waals surface area contributed by atoms with Gasteiger partial charge in [-0.05, 0) is 24.6 Å². The minimum atomic E-state index is -2.29. The van der Waals surface area contributed by atoms with Gasteiger partial charge in [0.25, 0.3) is 0 Å². The number of aliphatic hydroxyl groups is 2. The smallest absolute Gasteiger partial charge is 0.312 e. The zero-order valence-corrected chi connectivity index (χ0v) is 24.8. The third-order valence-electron chi connectivity index (χ3n) is 8.70. The first-order valence-corrected chi connectivity index (χ1v) is 14.0. The molecule has 1 saturated carbocycles. The van der Waals surface area contributed by atoms with E-state index in [0.717, 1.165) is 27.7 Å². The Labute approximate surface area is 247 Å². The second-order valence-electron chi connectivity index (χ2n) is 11.4. The van der Waals surface area contributed by atoms with Crippen molar-refractivity contribution in [3.63, 3.8) is 0 Å². The van der Waals surface area contributed by atoms with E-state index in [1.807, 2.05) is 0 Å². The Hall–Kier alpha value is -3.00. The average Bonchev–Trinajstić information content (AvgIpc) is 3.64. The fraction of sp³-hybridized carbons (Fsp3) is 0.679. The molecule has 232 valence electrons. The molecule has 0 aromatic carbocycles. The molecular weight excluding hydrogens is 580 g/mol. The van der Waals surface area contributed by atoms with Gasteiger partial charge in [0.1, 0.15) is 23.9 Å². The number of alkyl halides is 1. The van der Waals surface area contributed by atoms with Gasteiger partial charge in [0.15, 0.2) is 23.9 Å². The van der Waals surface area contributed by atoms with Crippen molar-refractivity contribution in [2.75, 3.05) is 12.5 Å². The molecule has 4 aliphatic rings. The van der Waals surface area contributed by atoms with E-state index < -0.39 is 94.9 Å². The lowest BCUT2D eigenvalue weighted by molar-refractivity contribution is -0.276. The summed E-state index contributed by atoms with van der Waals surface area (Å²) in [5, 5.41) is 24.2. The first kappa shape index (κ1) is 31.9. The fourth-order valence-corrected chi connectivity index (χ4v) is 6.95. The molecule has 3 fully saturated rings. The highest BCUT2D eigenvalue weighted by Crippen LogP contribution is 2.62. The Morgan fingerprint density at radius 3 is 2.05 bits per heavy atom. The predicted octanol–water partition coefficient (Wildman–Crippen LogP) is 0.507. The van der Waals surface area contributed by atoms with Crippen LogP contribution in [0, 0.1) is 17.3 Å². The second kappa shape index (κ2) is 11.3. The van der Waals surface area contributed by atoms with Crippen molar-refractivity contribution in [2.24, 2.45) is 17.3 Å². The number of aliphatic hydroxyl groups excluding tert-OH is 1. The van der Waals surface area contributed by atoms with E-state index in [-0.39, 0.29) is 12.5 Å². The summed E-state index contributed by atoms with van der Waals surface area (Å²) in [5.74, 6) is -6.86. The zero-order chi connectivity index (χ0) is 31.4. The molecule has 42 heavy (non-hydrogen) atoms. The number of epoxide rings is 1. The van der Waals surface area contributed by atoms with Crippen LogP contribution < -0.4 is 0 Å². The minimum Gasteiger partial charge on any atom is -0.459 e. The summed E-state index contributed by atoms with van der Waals surface area (Å²) >= 11 is 6.19. The van der Waals surface area contributed by atoms with Crippen molar-refractivity contribution < 1.29 is 62.6 Å². The Bertz CT molecular complexity index is 1220. The quantitative estimate of drug-likeness (QED) is 0.189. The molecule has 0 bridgehead atoms. The van der Waals surface area contributed by atoms with E-state index >= 15 is 0 Å². The minimum absolute atomic E-state index is 0.130. The number of carbonyl (C=O) groups excluding carboxylic acids is 5. The van der Waals surface area contributed by atoms with Crippen LogP contribution in [0.3, 0.4) is 0 Å². The molecule has 4 rings (SSSR count). The molecule has 0 aromatic heterocycles. The van der Waals surface area contributed by atoms with Gasteiger partial charge in [0.2, 0.25) is 0 Å². The van der Waals surface area contributed by atoms with Crippen molar-refractivity contribution in [3.8, 4) is 0 Å². The van der Waals surface area contributed by atoms with Crippen LogP contribution in [0.1, 0.15) is 41.5 Å². The van der Waals surface area contributed by atoms with Crippen molar-refractivity contribution >= 4 is 41.4 Å². The molecular formula is C28H35ClO13. The number of fused-ring (bicyclic) bond motifs is 3. The van der Waals surface area contributed by atoms with Crippen LogP contribution in [0.2, 0.25) is 0 Å². The van der Waals surface area contributed by atoms with Crippen molar-refractivity contribution in [3.05, 3.63) is 23.8 Å². The van der Waals surface area contributed by atoms with Crippen LogP contribution in [-0.2, 0) is 52.4 Å². The number of rotatable bonds is 5.